The first-order valence-electron chi connectivity index (χ1n) is 38.4. The van der Waals surface area contributed by atoms with Gasteiger partial charge in [0, 0.05) is 119 Å². The van der Waals surface area contributed by atoms with Crippen molar-refractivity contribution in [2.24, 2.45) is 21.7 Å². The Morgan fingerprint density at radius 1 is 0.429 bits per heavy atom. The largest absolute Gasteiger partial charge is 0.444 e. The Morgan fingerprint density at radius 3 is 0.992 bits per heavy atom. The highest BCUT2D eigenvalue weighted by molar-refractivity contribution is 6.26. The predicted molar refractivity (Wildman–Crippen MR) is 458 cm³/mol. The lowest BCUT2D eigenvalue weighted by Crippen LogP contribution is -2.47. The second-order valence-electron chi connectivity index (χ2n) is 32.1. The number of ether oxygens (including phenoxy) is 2. The number of nitriles is 3. The van der Waals surface area contributed by atoms with Crippen LogP contribution in [-0.2, 0) is 33.4 Å². The minimum Gasteiger partial charge on any atom is -0.444 e. The fourth-order valence-electron chi connectivity index (χ4n) is 15.7. The number of amides is 3. The number of halogens is 1. The molecule has 7 aromatic carbocycles. The van der Waals surface area contributed by atoms with Gasteiger partial charge >= 0.3 is 12.2 Å². The minimum absolute atomic E-state index is 0. The van der Waals surface area contributed by atoms with Crippen LogP contribution in [0.25, 0.3) is 55.8 Å². The number of likely N-dealkylation sites (tertiary alicyclic amines) is 3. The molecule has 3 atom stereocenters. The summed E-state index contributed by atoms with van der Waals surface area (Å²) in [6.07, 6.45) is 17.2. The minimum atomic E-state index is -0.604. The number of nitrogens with one attached hydrogen (secondary N) is 1. The lowest BCUT2D eigenvalue weighted by molar-refractivity contribution is -0.132. The van der Waals surface area contributed by atoms with Crippen LogP contribution in [0.4, 0.5) is 32.3 Å². The van der Waals surface area contributed by atoms with Crippen LogP contribution in [0.3, 0.4) is 0 Å². The average Bonchev–Trinajstić information content (AvgIpc) is 1.66. The number of carbonyl (C=O) groups excluding carboxylic acids is 8. The van der Waals surface area contributed by atoms with Crippen molar-refractivity contribution in [3.05, 3.63) is 317 Å². The lowest BCUT2D eigenvalue weighted by atomic mass is 9.58. The smallest absolute Gasteiger partial charge is 0.410 e. The molecule has 3 amide bonds. The predicted octanol–water partition coefficient (Wildman–Crippen LogP) is 18.9. The van der Waals surface area contributed by atoms with Crippen LogP contribution in [-0.4, -0.2) is 126 Å². The Kier molecular flexibility index (Phi) is 27.2. The maximum absolute atomic E-state index is 13.3. The Balaban J connectivity index is 0.000000163. The highest BCUT2D eigenvalue weighted by Crippen LogP contribution is 2.58. The summed E-state index contributed by atoms with van der Waals surface area (Å²) in [6, 6.07) is 55.8. The van der Waals surface area contributed by atoms with Crippen molar-refractivity contribution < 1.29 is 47.8 Å². The van der Waals surface area contributed by atoms with Gasteiger partial charge in [-0.2, -0.15) is 15.8 Å². The van der Waals surface area contributed by atoms with Gasteiger partial charge in [0.2, 0.25) is 5.91 Å². The van der Waals surface area contributed by atoms with E-state index in [2.05, 4.69) is 49.5 Å². The Hall–Kier alpha value is -14.2. The van der Waals surface area contributed by atoms with Crippen LogP contribution >= 0.6 is 12.4 Å². The van der Waals surface area contributed by atoms with E-state index in [0.29, 0.717) is 131 Å². The van der Waals surface area contributed by atoms with E-state index in [4.69, 9.17) is 51.5 Å². The zero-order chi connectivity index (χ0) is 84.7. The van der Waals surface area contributed by atoms with Crippen molar-refractivity contribution in [3.8, 4) is 18.2 Å². The number of Topliss-reactive ketones (excluding diaryl/α,β-unsaturated/α-hetero) is 4. The van der Waals surface area contributed by atoms with Crippen molar-refractivity contribution in [1.82, 2.24) is 20.0 Å². The summed E-state index contributed by atoms with van der Waals surface area (Å²) in [5, 5.41) is 30.4. The van der Waals surface area contributed by atoms with E-state index in [1.807, 2.05) is 151 Å². The summed E-state index contributed by atoms with van der Waals surface area (Å²) in [6.45, 7) is 47.4. The van der Waals surface area contributed by atoms with E-state index in [-0.39, 0.29) is 58.7 Å². The molecule has 8 fully saturated rings. The summed E-state index contributed by atoms with van der Waals surface area (Å²) in [5.41, 5.74) is 11.8. The quantitative estimate of drug-likeness (QED) is 0.0842. The number of nitrogens with zero attached hydrogens (tertiary/aromatic N) is 10. The fraction of sp³-hybridized carbons (Fsp3) is 0.268. The third kappa shape index (κ3) is 20.0. The summed E-state index contributed by atoms with van der Waals surface area (Å²) >= 11 is 0. The molecule has 0 aromatic heterocycles. The second-order valence-corrected chi connectivity index (χ2v) is 32.1. The third-order valence-electron chi connectivity index (χ3n) is 21.8. The molecular formula is C97H86ClN11O10. The number of benzene rings is 7. The molecule has 119 heavy (non-hydrogen) atoms. The van der Waals surface area contributed by atoms with Gasteiger partial charge in [0.15, 0.2) is 40.1 Å². The number of aldehydes is 1. The van der Waals surface area contributed by atoms with E-state index >= 15 is 0 Å². The molecule has 7 aromatic rings. The molecule has 3 unspecified atom stereocenters. The van der Waals surface area contributed by atoms with Gasteiger partial charge in [-0.3, -0.25) is 28.8 Å². The summed E-state index contributed by atoms with van der Waals surface area (Å²) in [5.74, 6) is 0.175. The van der Waals surface area contributed by atoms with E-state index in [9.17, 15) is 38.4 Å². The van der Waals surface area contributed by atoms with Crippen LogP contribution in [0.1, 0.15) is 140 Å². The van der Waals surface area contributed by atoms with E-state index < -0.39 is 22.0 Å². The van der Waals surface area contributed by atoms with Gasteiger partial charge in [0.05, 0.1) is 61.2 Å². The van der Waals surface area contributed by atoms with E-state index in [0.717, 1.165) is 83.3 Å². The monoisotopic (exact) mass is 1600 g/mol. The van der Waals surface area contributed by atoms with Crippen molar-refractivity contribution in [2.75, 3.05) is 52.4 Å². The van der Waals surface area contributed by atoms with Gasteiger partial charge in [0.1, 0.15) is 23.3 Å². The zero-order valence-corrected chi connectivity index (χ0v) is 67.7. The summed E-state index contributed by atoms with van der Waals surface area (Å²) in [7, 11) is 0. The van der Waals surface area contributed by atoms with E-state index in [1.54, 1.807) is 112 Å². The Bertz CT molecular complexity index is 5430. The number of rotatable bonds is 8. The van der Waals surface area contributed by atoms with Crippen LogP contribution in [0.5, 0.6) is 0 Å². The molecule has 1 N–H and O–H groups in total. The van der Waals surface area contributed by atoms with Gasteiger partial charge in [-0.25, -0.2) is 29.0 Å². The van der Waals surface area contributed by atoms with Crippen LogP contribution in [0.15, 0.2) is 216 Å². The van der Waals surface area contributed by atoms with Crippen molar-refractivity contribution in [2.45, 2.75) is 91.3 Å². The summed E-state index contributed by atoms with van der Waals surface area (Å²) in [4.78, 5) is 116. The highest BCUT2D eigenvalue weighted by atomic mass is 35.5. The Labute approximate surface area is 699 Å². The molecular weight excluding hydrogens is 1510 g/mol. The molecule has 4 aliphatic carbocycles. The molecule has 15 rings (SSSR count). The van der Waals surface area contributed by atoms with Gasteiger partial charge in [-0.05, 0) is 186 Å². The molecule has 4 saturated carbocycles. The second kappa shape index (κ2) is 37.1. The molecule has 4 aliphatic heterocycles. The standard InChI is InChI=1S/C28H25N3O3.C26H19N3O2.C23H17N3O.C12H19NO3.C8H5NO.ClH/c1-27(2,3)34-26(33)31-14-13-28(18-31)23(15-19-5-7-21(17-29)8-6-19)25(32)24(28)16-20-9-11-22(30-4)12-10-20;1-3-24(30)29-13-12-26(17-29)22(14-18-4-6-20(16-27)7-5-18)25(31)23(26)15-19-8-10-21(28-2)11-9-19;1-25-19-8-6-17(7-9-19)13-21-22(27)20(23(21)10-11-26-15-23)12-16-2-4-18(14-24)5-3-16;1-11(2,3)16-10(15)13-5-4-12(8-13)6-9(14)7-12;1-9-8-4-2-7(6-10)3-5-8;/h5-12,15-16H,13-14,18H2,1-3H3;3-11,14-15H,1,12-13,17H2;2-9,12-13,26H,10-11,15H2;4-8H2,1-3H3;2-6H;1H/b23-15-,24-16-;22-14-,23-15-;20-12-,21-13-;;;. The average molecular weight is 1600 g/mol. The first-order valence-corrected chi connectivity index (χ1v) is 38.4. The van der Waals surface area contributed by atoms with Gasteiger partial charge in [-0.1, -0.05) is 140 Å². The molecule has 22 heteroatoms. The van der Waals surface area contributed by atoms with Crippen LogP contribution in [0.2, 0.25) is 0 Å². The van der Waals surface area contributed by atoms with Gasteiger partial charge in [0.25, 0.3) is 0 Å². The lowest BCUT2D eigenvalue weighted by Gasteiger charge is -2.43. The maximum atomic E-state index is 13.3. The summed E-state index contributed by atoms with van der Waals surface area (Å²) < 4.78 is 10.9. The molecule has 0 radical (unpaired) electrons. The number of ketones is 4. The topological polar surface area (TPSA) is 266 Å². The molecule has 8 aliphatic rings. The van der Waals surface area contributed by atoms with Crippen LogP contribution < -0.4 is 5.32 Å². The van der Waals surface area contributed by atoms with Gasteiger partial charge < -0.3 is 29.5 Å². The molecule has 21 nitrogen and oxygen atoms in total. The van der Waals surface area contributed by atoms with E-state index in [1.165, 1.54) is 6.08 Å². The maximum Gasteiger partial charge on any atom is 0.410 e. The molecule has 0 bridgehead atoms. The molecule has 4 saturated heterocycles. The first kappa shape index (κ1) is 87.2. The van der Waals surface area contributed by atoms with Crippen LogP contribution in [0, 0.1) is 81.9 Å². The highest BCUT2D eigenvalue weighted by Gasteiger charge is 2.60. The number of hydrogen-bond donors (Lipinski definition) is 1. The number of carbonyl (C=O) groups is 8. The molecule has 4 heterocycles. The molecule has 596 valence electrons. The zero-order valence-electron chi connectivity index (χ0n) is 66.9. The normalized spacial score (nSPS) is 21.4. The Morgan fingerprint density at radius 2 is 0.714 bits per heavy atom. The van der Waals surface area contributed by atoms with Crippen molar-refractivity contribution in [3.63, 3.8) is 0 Å². The molecule has 4 spiro atoms. The first-order chi connectivity index (χ1) is 56.5. The SMILES string of the molecule is CC(C)(C)OC(=O)N1CCC2(CC(=O)C2)C1.Cl.[C-]#[N+]c1ccc(/C=C2/C(=O)/C(=C/c3ccc(C#N)cc3)C23CCN(C(=O)C=C)C3)cc1.[C-]#[N+]c1ccc(/C=C2/C(=O)/C(=C/c3ccc(C#N)cc3)C23CCN(C(=O)OC(C)(C)C)C3)cc1.[C-]#[N+]c1ccc(/C=C2/C(=O)/C(=C/c3ccc(C#N)cc3)C23CCNC3)cc1.[C-]#[N+]c1ccc(C=O)cc1. The van der Waals surface area contributed by atoms with Crippen molar-refractivity contribution >= 4 is 119 Å². The fourth-order valence-corrected chi connectivity index (χ4v) is 15.7. The van der Waals surface area contributed by atoms with Crippen molar-refractivity contribution in [1.29, 1.82) is 15.8 Å². The third-order valence-corrected chi connectivity index (χ3v) is 21.8. The van der Waals surface area contributed by atoms with Gasteiger partial charge in [-0.15, -0.1) is 12.4 Å². The number of hydrogen-bond acceptors (Lipinski definition) is 14.